The Kier molecular flexibility index (Phi) is 5.46. The first-order chi connectivity index (χ1) is 6.70. The van der Waals surface area contributed by atoms with Gasteiger partial charge in [-0.2, -0.15) is 0 Å². The molecule has 0 heterocycles. The highest BCUT2D eigenvalue weighted by molar-refractivity contribution is 6.74. The third-order valence-corrected chi connectivity index (χ3v) is 7.51. The van der Waals surface area contributed by atoms with Gasteiger partial charge in [0.1, 0.15) is 6.29 Å². The van der Waals surface area contributed by atoms with Crippen molar-refractivity contribution in [2.75, 3.05) is 6.61 Å². The Morgan fingerprint density at radius 2 is 1.87 bits per heavy atom. The van der Waals surface area contributed by atoms with E-state index in [1.165, 1.54) is 0 Å². The van der Waals surface area contributed by atoms with Gasteiger partial charge in [-0.15, -0.1) is 0 Å². The Morgan fingerprint density at radius 3 is 2.27 bits per heavy atom. The average Bonchev–Trinajstić information content (AvgIpc) is 2.09. The summed E-state index contributed by atoms with van der Waals surface area (Å²) in [7, 11) is -1.64. The minimum atomic E-state index is -1.64. The van der Waals surface area contributed by atoms with Crippen molar-refractivity contribution in [1.82, 2.24) is 0 Å². The van der Waals surface area contributed by atoms with Crippen molar-refractivity contribution in [3.63, 3.8) is 0 Å². The van der Waals surface area contributed by atoms with Crippen molar-refractivity contribution < 1.29 is 9.22 Å². The minimum Gasteiger partial charge on any atom is -0.413 e. The first-order valence-electron chi connectivity index (χ1n) is 5.44. The van der Waals surface area contributed by atoms with Gasteiger partial charge in [-0.3, -0.25) is 0 Å². The normalized spacial score (nSPS) is 14.1. The lowest BCUT2D eigenvalue weighted by Gasteiger charge is -2.36. The molecule has 2 nitrogen and oxygen atoms in total. The first-order valence-corrected chi connectivity index (χ1v) is 8.35. The second-order valence-corrected chi connectivity index (χ2v) is 10.3. The van der Waals surface area contributed by atoms with E-state index < -0.39 is 8.32 Å². The molecule has 0 aromatic rings. The number of allylic oxidation sites excluding steroid dienone is 1. The lowest BCUT2D eigenvalue weighted by atomic mass is 10.2. The van der Waals surface area contributed by atoms with E-state index in [9.17, 15) is 4.79 Å². The summed E-state index contributed by atoms with van der Waals surface area (Å²) >= 11 is 0. The molecule has 0 rings (SSSR count). The van der Waals surface area contributed by atoms with Crippen LogP contribution < -0.4 is 0 Å². The van der Waals surface area contributed by atoms with Gasteiger partial charge >= 0.3 is 0 Å². The predicted molar refractivity (Wildman–Crippen MR) is 67.6 cm³/mol. The summed E-state index contributed by atoms with van der Waals surface area (Å²) in [5.41, 5.74) is 1.15. The Labute approximate surface area is 94.8 Å². The number of carbonyl (C=O) groups is 1. The zero-order valence-electron chi connectivity index (χ0n) is 10.9. The lowest BCUT2D eigenvalue weighted by molar-refractivity contribution is -0.107. The molecule has 0 amide bonds. The molecule has 0 atom stereocenters. The molecule has 0 aliphatic rings. The molecule has 0 saturated heterocycles. The van der Waals surface area contributed by atoms with Crippen molar-refractivity contribution in [2.45, 2.75) is 52.2 Å². The third-order valence-electron chi connectivity index (χ3n) is 3.03. The van der Waals surface area contributed by atoms with E-state index in [4.69, 9.17) is 4.43 Å². The van der Waals surface area contributed by atoms with Crippen LogP contribution in [0, 0.1) is 0 Å². The van der Waals surface area contributed by atoms with Crippen LogP contribution in [0.2, 0.25) is 18.1 Å². The quantitative estimate of drug-likeness (QED) is 0.409. The third kappa shape index (κ3) is 5.28. The number of rotatable bonds is 5. The van der Waals surface area contributed by atoms with Gasteiger partial charge in [0.25, 0.3) is 0 Å². The zero-order valence-corrected chi connectivity index (χ0v) is 11.9. The fraction of sp³-hybridized carbons (Fsp3) is 0.750. The van der Waals surface area contributed by atoms with Crippen LogP contribution in [0.3, 0.4) is 0 Å². The van der Waals surface area contributed by atoms with E-state index in [0.717, 1.165) is 11.9 Å². The van der Waals surface area contributed by atoms with Crippen molar-refractivity contribution in [3.05, 3.63) is 11.6 Å². The van der Waals surface area contributed by atoms with Crippen molar-refractivity contribution >= 4 is 14.6 Å². The van der Waals surface area contributed by atoms with Crippen LogP contribution in [0.1, 0.15) is 34.1 Å². The van der Waals surface area contributed by atoms with Gasteiger partial charge in [0.2, 0.25) is 0 Å². The molecule has 0 unspecified atom stereocenters. The molecule has 0 N–H and O–H groups in total. The topological polar surface area (TPSA) is 26.3 Å². The molecule has 0 bridgehead atoms. The number of carbonyl (C=O) groups excluding carboxylic acids is 1. The first kappa shape index (κ1) is 14.6. The van der Waals surface area contributed by atoms with E-state index in [2.05, 4.69) is 33.9 Å². The van der Waals surface area contributed by atoms with Crippen molar-refractivity contribution in [3.8, 4) is 0 Å². The summed E-state index contributed by atoms with van der Waals surface area (Å²) in [5.74, 6) is 0. The van der Waals surface area contributed by atoms with Gasteiger partial charge in [0.15, 0.2) is 8.32 Å². The number of hydrogen-bond acceptors (Lipinski definition) is 2. The summed E-state index contributed by atoms with van der Waals surface area (Å²) in [6.07, 6.45) is 3.34. The van der Waals surface area contributed by atoms with E-state index in [1.54, 1.807) is 0 Å². The van der Waals surface area contributed by atoms with Crippen LogP contribution in [0.4, 0.5) is 0 Å². The summed E-state index contributed by atoms with van der Waals surface area (Å²) < 4.78 is 6.01. The summed E-state index contributed by atoms with van der Waals surface area (Å²) in [5, 5.41) is 0.248. The zero-order chi connectivity index (χ0) is 12.1. The van der Waals surface area contributed by atoms with Gasteiger partial charge in [-0.1, -0.05) is 32.4 Å². The summed E-state index contributed by atoms with van der Waals surface area (Å²) in [6, 6.07) is 0. The van der Waals surface area contributed by atoms with Crippen LogP contribution in [0.5, 0.6) is 0 Å². The Bertz CT molecular complexity index is 236. The second kappa shape index (κ2) is 5.61. The maximum Gasteiger partial charge on any atom is 0.192 e. The van der Waals surface area contributed by atoms with Crippen LogP contribution >= 0.6 is 0 Å². The molecular weight excluding hydrogens is 204 g/mol. The van der Waals surface area contributed by atoms with Gasteiger partial charge in [-0.25, -0.2) is 0 Å². The standard InChI is InChI=1S/C12H24O2Si/c1-11(8-7-9-13)10-14-15(5,6)12(2,3)4/h8-9H,7,10H2,1-6H3/b11-8+. The predicted octanol–water partition coefficient (Wildman–Crippen LogP) is 3.54. The molecule has 0 fully saturated rings. The van der Waals surface area contributed by atoms with Gasteiger partial charge in [0, 0.05) is 6.42 Å². The van der Waals surface area contributed by atoms with Crippen molar-refractivity contribution in [1.29, 1.82) is 0 Å². The smallest absolute Gasteiger partial charge is 0.192 e. The molecule has 0 radical (unpaired) electrons. The SMILES string of the molecule is C/C(=C\CC=O)CO[Si](C)(C)C(C)(C)C. The molecule has 0 aliphatic heterocycles. The lowest BCUT2D eigenvalue weighted by Crippen LogP contribution is -2.41. The minimum absolute atomic E-state index is 0.248. The molecule has 0 spiro atoms. The molecule has 3 heteroatoms. The average molecular weight is 228 g/mol. The van der Waals surface area contributed by atoms with Crippen LogP contribution in [0.25, 0.3) is 0 Å². The maximum absolute atomic E-state index is 10.2. The Morgan fingerprint density at radius 1 is 1.33 bits per heavy atom. The largest absolute Gasteiger partial charge is 0.413 e. The molecule has 0 aliphatic carbocycles. The van der Waals surface area contributed by atoms with E-state index in [1.807, 2.05) is 13.0 Å². The molecule has 88 valence electrons. The highest BCUT2D eigenvalue weighted by atomic mass is 28.4. The molecule has 0 aromatic carbocycles. The fourth-order valence-electron chi connectivity index (χ4n) is 0.819. The number of aldehydes is 1. The van der Waals surface area contributed by atoms with Crippen LogP contribution in [-0.4, -0.2) is 21.2 Å². The Hall–Kier alpha value is -0.413. The van der Waals surface area contributed by atoms with Crippen LogP contribution in [-0.2, 0) is 9.22 Å². The fourth-order valence-corrected chi connectivity index (χ4v) is 1.84. The van der Waals surface area contributed by atoms with Gasteiger partial charge in [-0.05, 0) is 25.1 Å². The van der Waals surface area contributed by atoms with E-state index >= 15 is 0 Å². The molecular formula is C12H24O2Si. The van der Waals surface area contributed by atoms with E-state index in [0.29, 0.717) is 13.0 Å². The molecule has 0 saturated carbocycles. The highest BCUT2D eigenvalue weighted by Crippen LogP contribution is 2.36. The van der Waals surface area contributed by atoms with Gasteiger partial charge < -0.3 is 9.22 Å². The van der Waals surface area contributed by atoms with Gasteiger partial charge in [0.05, 0.1) is 6.61 Å². The molecule has 0 aromatic heterocycles. The molecule has 15 heavy (non-hydrogen) atoms. The Balaban J connectivity index is 4.21. The maximum atomic E-state index is 10.2. The second-order valence-electron chi connectivity index (χ2n) is 5.50. The van der Waals surface area contributed by atoms with Crippen molar-refractivity contribution in [2.24, 2.45) is 0 Å². The van der Waals surface area contributed by atoms with E-state index in [-0.39, 0.29) is 5.04 Å². The highest BCUT2D eigenvalue weighted by Gasteiger charge is 2.36. The van der Waals surface area contributed by atoms with Crippen LogP contribution in [0.15, 0.2) is 11.6 Å². The summed E-state index contributed by atoms with van der Waals surface area (Å²) in [4.78, 5) is 10.2. The monoisotopic (exact) mass is 228 g/mol. The summed E-state index contributed by atoms with van der Waals surface area (Å²) in [6.45, 7) is 13.8. The number of hydrogen-bond donors (Lipinski definition) is 0.